The van der Waals surface area contributed by atoms with Crippen molar-refractivity contribution in [3.8, 4) is 0 Å². The molecule has 0 aromatic heterocycles. The van der Waals surface area contributed by atoms with Crippen molar-refractivity contribution in [1.82, 2.24) is 14.7 Å². The van der Waals surface area contributed by atoms with Crippen LogP contribution >= 0.6 is 0 Å². The summed E-state index contributed by atoms with van der Waals surface area (Å²) in [5, 5.41) is 0. The number of carbonyl (C=O) groups is 2. The van der Waals surface area contributed by atoms with Crippen LogP contribution in [0.2, 0.25) is 0 Å². The lowest BCUT2D eigenvalue weighted by Gasteiger charge is -2.36. The summed E-state index contributed by atoms with van der Waals surface area (Å²) < 4.78 is 37.5. The Morgan fingerprint density at radius 3 is 2.38 bits per heavy atom. The highest BCUT2D eigenvalue weighted by atomic mass is 19.4. The minimum atomic E-state index is -4.39. The predicted molar refractivity (Wildman–Crippen MR) is 83.2 cm³/mol. The van der Waals surface area contributed by atoms with Crippen molar-refractivity contribution in [3.63, 3.8) is 0 Å². The Kier molecular flexibility index (Phi) is 5.78. The van der Waals surface area contributed by atoms with Crippen LogP contribution in [0, 0.1) is 5.92 Å². The lowest BCUT2D eigenvalue weighted by molar-refractivity contribution is -0.159. The molecule has 0 saturated carbocycles. The van der Waals surface area contributed by atoms with Gasteiger partial charge in [-0.1, -0.05) is 6.92 Å². The number of halogens is 3. The maximum absolute atomic E-state index is 12.6. The molecule has 0 bridgehead atoms. The van der Waals surface area contributed by atoms with Gasteiger partial charge in [0.1, 0.15) is 6.54 Å². The third-order valence-electron chi connectivity index (χ3n) is 5.19. The first-order valence-electron chi connectivity index (χ1n) is 8.46. The van der Waals surface area contributed by atoms with Crippen molar-refractivity contribution < 1.29 is 22.8 Å². The van der Waals surface area contributed by atoms with Gasteiger partial charge in [0.15, 0.2) is 0 Å². The van der Waals surface area contributed by atoms with Crippen LogP contribution in [-0.4, -0.2) is 78.0 Å². The second kappa shape index (κ2) is 7.29. The molecule has 2 heterocycles. The fourth-order valence-electron chi connectivity index (χ4n) is 3.41. The van der Waals surface area contributed by atoms with Crippen LogP contribution in [-0.2, 0) is 9.59 Å². The van der Waals surface area contributed by atoms with Crippen LogP contribution in [0.3, 0.4) is 0 Å². The molecule has 24 heavy (non-hydrogen) atoms. The molecule has 0 N–H and O–H groups in total. The van der Waals surface area contributed by atoms with Crippen LogP contribution in [0.4, 0.5) is 13.2 Å². The van der Waals surface area contributed by atoms with E-state index < -0.39 is 30.7 Å². The van der Waals surface area contributed by atoms with Gasteiger partial charge in [0.05, 0.1) is 12.1 Å². The first-order valence-corrected chi connectivity index (χ1v) is 8.46. The topological polar surface area (TPSA) is 43.9 Å². The fourth-order valence-corrected chi connectivity index (χ4v) is 3.41. The van der Waals surface area contributed by atoms with Gasteiger partial charge in [-0.25, -0.2) is 0 Å². The first kappa shape index (κ1) is 19.0. The Balaban J connectivity index is 1.94. The highest BCUT2D eigenvalue weighted by Gasteiger charge is 2.42. The van der Waals surface area contributed by atoms with Gasteiger partial charge in [-0.2, -0.15) is 13.2 Å². The summed E-state index contributed by atoms with van der Waals surface area (Å²) in [4.78, 5) is 29.1. The maximum atomic E-state index is 12.6. The van der Waals surface area contributed by atoms with Crippen molar-refractivity contribution in [2.45, 2.75) is 51.4 Å². The van der Waals surface area contributed by atoms with Gasteiger partial charge < -0.3 is 9.80 Å². The van der Waals surface area contributed by atoms with E-state index in [1.807, 2.05) is 0 Å². The molecule has 2 saturated heterocycles. The fraction of sp³-hybridized carbons (Fsp3) is 0.875. The van der Waals surface area contributed by atoms with E-state index in [2.05, 4.69) is 6.92 Å². The monoisotopic (exact) mass is 349 g/mol. The van der Waals surface area contributed by atoms with Gasteiger partial charge in [0.2, 0.25) is 11.8 Å². The zero-order valence-electron chi connectivity index (χ0n) is 14.5. The molecule has 0 radical (unpaired) electrons. The van der Waals surface area contributed by atoms with E-state index in [0.29, 0.717) is 25.4 Å². The number of rotatable bonds is 4. The predicted octanol–water partition coefficient (Wildman–Crippen LogP) is 1.73. The van der Waals surface area contributed by atoms with Gasteiger partial charge in [-0.15, -0.1) is 0 Å². The summed E-state index contributed by atoms with van der Waals surface area (Å²) in [6.45, 7) is 4.15. The smallest absolute Gasteiger partial charge is 0.341 e. The summed E-state index contributed by atoms with van der Waals surface area (Å²) in [5.74, 6) is 0.0163. The highest BCUT2D eigenvalue weighted by Crippen LogP contribution is 2.24. The summed E-state index contributed by atoms with van der Waals surface area (Å²) in [6.07, 6.45) is -2.15. The molecule has 0 spiro atoms. The summed E-state index contributed by atoms with van der Waals surface area (Å²) in [5.41, 5.74) is 0. The number of amides is 2. The molecule has 2 unspecified atom stereocenters. The van der Waals surface area contributed by atoms with E-state index in [1.54, 1.807) is 23.8 Å². The van der Waals surface area contributed by atoms with E-state index in [1.165, 1.54) is 0 Å². The molecule has 0 aromatic rings. The zero-order valence-corrected chi connectivity index (χ0v) is 14.5. The second-order valence-corrected chi connectivity index (χ2v) is 7.03. The lowest BCUT2D eigenvalue weighted by atomic mass is 9.98. The molecule has 2 rings (SSSR count). The summed E-state index contributed by atoms with van der Waals surface area (Å²) in [7, 11) is 1.65. The quantitative estimate of drug-likeness (QED) is 0.776. The van der Waals surface area contributed by atoms with Gasteiger partial charge >= 0.3 is 6.18 Å². The largest absolute Gasteiger partial charge is 0.406 e. The third kappa shape index (κ3) is 4.40. The van der Waals surface area contributed by atoms with E-state index >= 15 is 0 Å². The molecule has 138 valence electrons. The van der Waals surface area contributed by atoms with E-state index in [-0.39, 0.29) is 12.5 Å². The molecule has 2 amide bonds. The SMILES string of the molecule is CC1CCN(C(=O)C(C)N(C)C2CCN(CC(F)(F)F)C2=O)CC1. The number of alkyl halides is 3. The Bertz CT molecular complexity index is 476. The summed E-state index contributed by atoms with van der Waals surface area (Å²) in [6, 6.07) is -1.17. The third-order valence-corrected chi connectivity index (χ3v) is 5.19. The van der Waals surface area contributed by atoms with Crippen molar-refractivity contribution in [2.24, 2.45) is 5.92 Å². The average molecular weight is 349 g/mol. The molecule has 2 aliphatic rings. The molecule has 2 aliphatic heterocycles. The van der Waals surface area contributed by atoms with Crippen molar-refractivity contribution in [1.29, 1.82) is 0 Å². The number of carbonyl (C=O) groups excluding carboxylic acids is 2. The average Bonchev–Trinajstić information content (AvgIpc) is 2.85. The van der Waals surface area contributed by atoms with Crippen LogP contribution in [0.15, 0.2) is 0 Å². The molecule has 2 atom stereocenters. The highest BCUT2D eigenvalue weighted by molar-refractivity contribution is 5.86. The van der Waals surface area contributed by atoms with Crippen LogP contribution in [0.5, 0.6) is 0 Å². The Hall–Kier alpha value is -1.31. The maximum Gasteiger partial charge on any atom is 0.406 e. The molecular weight excluding hydrogens is 323 g/mol. The number of hydrogen-bond acceptors (Lipinski definition) is 3. The van der Waals surface area contributed by atoms with Gasteiger partial charge in [-0.05, 0) is 39.2 Å². The van der Waals surface area contributed by atoms with Crippen molar-refractivity contribution in [2.75, 3.05) is 33.2 Å². The Morgan fingerprint density at radius 2 is 1.83 bits per heavy atom. The van der Waals surface area contributed by atoms with E-state index in [9.17, 15) is 22.8 Å². The van der Waals surface area contributed by atoms with E-state index in [4.69, 9.17) is 0 Å². The molecule has 2 fully saturated rings. The Morgan fingerprint density at radius 1 is 1.25 bits per heavy atom. The lowest BCUT2D eigenvalue weighted by Crippen LogP contribution is -2.53. The van der Waals surface area contributed by atoms with Gasteiger partial charge in [-0.3, -0.25) is 14.5 Å². The zero-order chi connectivity index (χ0) is 18.1. The molecule has 0 aliphatic carbocycles. The van der Waals surface area contributed by atoms with Gasteiger partial charge in [0, 0.05) is 19.6 Å². The van der Waals surface area contributed by atoms with E-state index in [0.717, 1.165) is 17.7 Å². The number of nitrogens with zero attached hydrogens (tertiary/aromatic N) is 3. The number of likely N-dealkylation sites (tertiary alicyclic amines) is 2. The minimum Gasteiger partial charge on any atom is -0.341 e. The number of piperidine rings is 1. The normalized spacial score (nSPS) is 24.8. The molecule has 5 nitrogen and oxygen atoms in total. The van der Waals surface area contributed by atoms with Crippen LogP contribution < -0.4 is 0 Å². The van der Waals surface area contributed by atoms with Crippen molar-refractivity contribution >= 4 is 11.8 Å². The molecule has 0 aromatic carbocycles. The minimum absolute atomic E-state index is 0.0496. The van der Waals surface area contributed by atoms with Gasteiger partial charge in [0.25, 0.3) is 0 Å². The molecule has 8 heteroatoms. The molecular formula is C16H26F3N3O2. The Labute approximate surface area is 140 Å². The van der Waals surface area contributed by atoms with Crippen molar-refractivity contribution in [3.05, 3.63) is 0 Å². The summed E-state index contributed by atoms with van der Waals surface area (Å²) >= 11 is 0. The van der Waals surface area contributed by atoms with Crippen LogP contribution in [0.25, 0.3) is 0 Å². The first-order chi connectivity index (χ1) is 11.1. The standard InChI is InChI=1S/C16H26F3N3O2/c1-11-4-7-21(8-5-11)14(23)12(2)20(3)13-6-9-22(15(13)24)10-16(17,18)19/h11-13H,4-10H2,1-3H3. The van der Waals surface area contributed by atoms with Crippen LogP contribution in [0.1, 0.15) is 33.1 Å². The number of hydrogen-bond donors (Lipinski definition) is 0. The number of likely N-dealkylation sites (N-methyl/N-ethyl adjacent to an activating group) is 1. The second-order valence-electron chi connectivity index (χ2n) is 7.03.